The number of amides is 1. The van der Waals surface area contributed by atoms with Crippen LogP contribution in [0.5, 0.6) is 0 Å². The molecule has 1 aliphatic carbocycles. The van der Waals surface area contributed by atoms with Crippen molar-refractivity contribution in [3.8, 4) is 11.1 Å². The van der Waals surface area contributed by atoms with Crippen LogP contribution in [0.25, 0.3) is 11.1 Å². The largest absolute Gasteiger partial charge is 0.449 e. The number of hydrogen-bond donors (Lipinski definition) is 1. The summed E-state index contributed by atoms with van der Waals surface area (Å²) < 4.78 is 5.91. The fourth-order valence-corrected chi connectivity index (χ4v) is 9.71. The Morgan fingerprint density at radius 3 is 1.44 bits per heavy atom. The summed E-state index contributed by atoms with van der Waals surface area (Å²) >= 11 is 20.5. The van der Waals surface area contributed by atoms with Gasteiger partial charge in [-0.05, 0) is 76.1 Å². The maximum absolute atomic E-state index is 13.3. The lowest BCUT2D eigenvalue weighted by Gasteiger charge is -2.36. The predicted octanol–water partition coefficient (Wildman–Crippen LogP) is 14.7. The van der Waals surface area contributed by atoms with E-state index in [0.717, 1.165) is 38.9 Å². The number of aryl methyl sites for hydroxylation is 2. The minimum absolute atomic E-state index is 0.00213. The minimum Gasteiger partial charge on any atom is -0.449 e. The normalized spacial score (nSPS) is 13.6. The summed E-state index contributed by atoms with van der Waals surface area (Å²) in [6.07, 6.45) is -0.457. The first-order chi connectivity index (χ1) is 30.2. The van der Waals surface area contributed by atoms with Gasteiger partial charge in [-0.3, -0.25) is 0 Å². The Balaban J connectivity index is 0.000000203. The highest BCUT2D eigenvalue weighted by molar-refractivity contribution is 6.35. The van der Waals surface area contributed by atoms with Gasteiger partial charge in [-0.2, -0.15) is 0 Å². The van der Waals surface area contributed by atoms with Crippen LogP contribution >= 0.6 is 34.8 Å². The van der Waals surface area contributed by atoms with Crippen molar-refractivity contribution in [3.63, 3.8) is 0 Å². The third-order valence-corrected chi connectivity index (χ3v) is 13.2. The smallest absolute Gasteiger partial charge is 0.407 e. The van der Waals surface area contributed by atoms with Gasteiger partial charge >= 0.3 is 6.09 Å². The first-order valence-electron chi connectivity index (χ1n) is 20.7. The van der Waals surface area contributed by atoms with Gasteiger partial charge in [0.1, 0.15) is 11.5 Å². The van der Waals surface area contributed by atoms with Crippen LogP contribution in [0.3, 0.4) is 0 Å². The van der Waals surface area contributed by atoms with Crippen LogP contribution in [0.2, 0.25) is 10.0 Å². The van der Waals surface area contributed by atoms with E-state index in [-0.39, 0.29) is 19.1 Å². The molecule has 2 unspecified atom stereocenters. The molecule has 0 saturated heterocycles. The highest BCUT2D eigenvalue weighted by atomic mass is 35.5. The molecule has 1 N–H and O–H groups in total. The van der Waals surface area contributed by atoms with Crippen LogP contribution in [0.1, 0.15) is 61.6 Å². The molecule has 0 heterocycles. The van der Waals surface area contributed by atoms with Crippen LogP contribution in [0.4, 0.5) is 4.79 Å². The van der Waals surface area contributed by atoms with Gasteiger partial charge in [-0.1, -0.05) is 228 Å². The van der Waals surface area contributed by atoms with E-state index in [9.17, 15) is 4.79 Å². The van der Waals surface area contributed by atoms with E-state index < -0.39 is 16.4 Å². The Kier molecular flexibility index (Phi) is 13.0. The highest BCUT2D eigenvalue weighted by Crippen LogP contribution is 2.47. The van der Waals surface area contributed by atoms with E-state index in [1.54, 1.807) is 0 Å². The number of alkyl carbamates (subject to hydrolysis) is 1. The molecule has 0 fully saturated rings. The molecule has 2 atom stereocenters. The summed E-state index contributed by atoms with van der Waals surface area (Å²) in [5, 5.41) is 4.42. The van der Waals surface area contributed by atoms with E-state index >= 15 is 0 Å². The van der Waals surface area contributed by atoms with Crippen molar-refractivity contribution in [1.82, 2.24) is 5.32 Å². The van der Waals surface area contributed by atoms with Crippen LogP contribution in [0.15, 0.2) is 206 Å². The second-order valence-corrected chi connectivity index (χ2v) is 17.0. The second-order valence-electron chi connectivity index (χ2n) is 15.7. The monoisotopic (exact) mass is 869 g/mol. The summed E-state index contributed by atoms with van der Waals surface area (Å²) in [7, 11) is 0. The molecule has 8 aromatic rings. The fourth-order valence-electron chi connectivity index (χ4n) is 8.67. The van der Waals surface area contributed by atoms with Crippen molar-refractivity contribution in [1.29, 1.82) is 0 Å². The first-order valence-corrected chi connectivity index (χ1v) is 21.9. The lowest BCUT2D eigenvalue weighted by atomic mass is 9.69. The van der Waals surface area contributed by atoms with Crippen molar-refractivity contribution < 1.29 is 9.53 Å². The number of ether oxygens (including phenoxy) is 1. The number of benzene rings is 8. The van der Waals surface area contributed by atoms with Gasteiger partial charge in [0.25, 0.3) is 0 Å². The molecule has 308 valence electrons. The molecule has 3 nitrogen and oxygen atoms in total. The number of carbonyl (C=O) groups excluding carboxylic acids is 1. The average molecular weight is 871 g/mol. The van der Waals surface area contributed by atoms with E-state index in [4.69, 9.17) is 39.5 Å². The van der Waals surface area contributed by atoms with Gasteiger partial charge < -0.3 is 10.1 Å². The predicted molar refractivity (Wildman–Crippen MR) is 257 cm³/mol. The molecule has 0 aromatic heterocycles. The van der Waals surface area contributed by atoms with E-state index in [2.05, 4.69) is 116 Å². The molecule has 1 aliphatic rings. The standard InChI is InChI=1S/C36H30ClNO2.C20H16Cl2/c1-25-19-21-27(22-20-25)36(26-11-3-2-4-12-26,33-17-9-10-18-34(33)37)24-38-35(39)40-23-32-30-15-7-5-13-28(30)29-14-6-8-16-31(29)32;1-15-11-13-17(14-12-15)20(22,16-7-3-2-4-8-16)18-9-5-6-10-19(18)21/h2-22,32H,23-24H2,1H3,(H,38,39);2-14H,1H3. The Hall–Kier alpha value is -6.10. The Morgan fingerprint density at radius 2 is 0.903 bits per heavy atom. The van der Waals surface area contributed by atoms with E-state index in [1.165, 1.54) is 27.8 Å². The number of rotatable bonds is 10. The molecule has 9 rings (SSSR count). The Labute approximate surface area is 379 Å². The minimum atomic E-state index is -0.798. The molecule has 8 aromatic carbocycles. The molecule has 0 aliphatic heterocycles. The lowest BCUT2D eigenvalue weighted by molar-refractivity contribution is 0.141. The van der Waals surface area contributed by atoms with Gasteiger partial charge in [0, 0.05) is 28.1 Å². The van der Waals surface area contributed by atoms with Gasteiger partial charge in [0.05, 0.1) is 5.41 Å². The topological polar surface area (TPSA) is 38.3 Å². The van der Waals surface area contributed by atoms with Crippen LogP contribution in [-0.4, -0.2) is 19.2 Å². The Bertz CT molecular complexity index is 2730. The third kappa shape index (κ3) is 8.54. The van der Waals surface area contributed by atoms with Crippen molar-refractivity contribution in [2.45, 2.75) is 30.1 Å². The first kappa shape index (κ1) is 42.6. The Morgan fingerprint density at radius 1 is 0.500 bits per heavy atom. The van der Waals surface area contributed by atoms with Crippen LogP contribution < -0.4 is 5.32 Å². The molecular formula is C56H46Cl3NO2. The van der Waals surface area contributed by atoms with Crippen molar-refractivity contribution in [2.75, 3.05) is 13.2 Å². The van der Waals surface area contributed by atoms with Crippen LogP contribution in [0, 0.1) is 13.8 Å². The molecule has 0 radical (unpaired) electrons. The summed E-state index contributed by atoms with van der Waals surface area (Å²) in [6.45, 7) is 4.67. The average Bonchev–Trinajstić information content (AvgIpc) is 3.64. The lowest BCUT2D eigenvalue weighted by Crippen LogP contribution is -2.43. The van der Waals surface area contributed by atoms with Crippen LogP contribution in [-0.2, 0) is 15.0 Å². The number of fused-ring (bicyclic) bond motifs is 3. The fraction of sp³-hybridized carbons (Fsp3) is 0.125. The maximum Gasteiger partial charge on any atom is 0.407 e. The van der Waals surface area contributed by atoms with E-state index in [1.807, 2.05) is 109 Å². The highest BCUT2D eigenvalue weighted by Gasteiger charge is 2.39. The molecule has 0 saturated carbocycles. The summed E-state index contributed by atoms with van der Waals surface area (Å²) in [4.78, 5) is 12.5. The van der Waals surface area contributed by atoms with Gasteiger partial charge in [0.2, 0.25) is 0 Å². The molecule has 6 heteroatoms. The van der Waals surface area contributed by atoms with E-state index in [0.29, 0.717) is 10.0 Å². The number of hydrogen-bond acceptors (Lipinski definition) is 2. The zero-order valence-electron chi connectivity index (χ0n) is 34.6. The van der Waals surface area contributed by atoms with Crippen molar-refractivity contribution in [3.05, 3.63) is 272 Å². The molecule has 1 amide bonds. The third-order valence-electron chi connectivity index (χ3n) is 11.9. The van der Waals surface area contributed by atoms with Gasteiger partial charge in [0.15, 0.2) is 0 Å². The second kappa shape index (κ2) is 18.9. The molecular weight excluding hydrogens is 825 g/mol. The summed E-state index contributed by atoms with van der Waals surface area (Å²) in [6, 6.07) is 69.3. The number of alkyl halides is 1. The zero-order chi connectivity index (χ0) is 43.1. The summed E-state index contributed by atoms with van der Waals surface area (Å²) in [5.74, 6) is -0.00213. The SMILES string of the molecule is Cc1ccc(C(CNC(=O)OCC2c3ccccc3-c3ccccc32)(c2ccccc2)c2ccccc2Cl)cc1.Cc1ccc(C(Cl)(c2ccccc2)c2ccccc2Cl)cc1. The molecule has 0 spiro atoms. The van der Waals surface area contributed by atoms with Gasteiger partial charge in [-0.25, -0.2) is 4.79 Å². The zero-order valence-corrected chi connectivity index (χ0v) is 36.8. The number of nitrogens with one attached hydrogen (secondary N) is 1. The van der Waals surface area contributed by atoms with Gasteiger partial charge in [-0.15, -0.1) is 11.6 Å². The molecule has 0 bridgehead atoms. The number of carbonyl (C=O) groups is 1. The van der Waals surface area contributed by atoms with Crippen molar-refractivity contribution >= 4 is 40.9 Å². The quantitative estimate of drug-likeness (QED) is 0.110. The van der Waals surface area contributed by atoms with Crippen molar-refractivity contribution in [2.24, 2.45) is 0 Å². The maximum atomic E-state index is 13.3. The molecule has 62 heavy (non-hydrogen) atoms. The summed E-state index contributed by atoms with van der Waals surface area (Å²) in [5.41, 5.74) is 12.3. The number of halogens is 3.